The molecular formula is C24H46O3Si2. The number of esters is 1. The minimum absolute atomic E-state index is 0.0414. The average Bonchev–Trinajstić information content (AvgIpc) is 2.65. The fourth-order valence-corrected chi connectivity index (χ4v) is 7.28. The van der Waals surface area contributed by atoms with Gasteiger partial charge in [-0.1, -0.05) is 54.5 Å². The van der Waals surface area contributed by atoms with Crippen molar-refractivity contribution in [3.8, 4) is 11.5 Å². The van der Waals surface area contributed by atoms with Gasteiger partial charge in [0, 0.05) is 17.4 Å². The normalized spacial score (nSPS) is 16.5. The van der Waals surface area contributed by atoms with Crippen LogP contribution in [0.5, 0.6) is 0 Å². The third-order valence-corrected chi connectivity index (χ3v) is 16.1. The molecule has 0 rings (SSSR count). The number of carbonyl (C=O) groups excluding carboxylic acids is 1. The molecule has 0 bridgehead atoms. The van der Waals surface area contributed by atoms with E-state index < -0.39 is 16.4 Å². The van der Waals surface area contributed by atoms with Gasteiger partial charge in [0.25, 0.3) is 0 Å². The third kappa shape index (κ3) is 8.07. The molecule has 0 radical (unpaired) electrons. The monoisotopic (exact) mass is 438 g/mol. The summed E-state index contributed by atoms with van der Waals surface area (Å²) >= 11 is 0. The van der Waals surface area contributed by atoms with Gasteiger partial charge in [-0.25, -0.2) is 4.79 Å². The molecule has 0 aromatic heterocycles. The number of carbonyl (C=O) groups is 1. The second-order valence-electron chi connectivity index (χ2n) is 9.94. The Morgan fingerprint density at radius 3 is 1.93 bits per heavy atom. The molecule has 0 aliphatic heterocycles. The van der Waals surface area contributed by atoms with E-state index in [-0.39, 0.29) is 28.9 Å². The number of hydrogen-bond acceptors (Lipinski definition) is 3. The summed E-state index contributed by atoms with van der Waals surface area (Å²) in [5, 5.41) is 0.119. The lowest BCUT2D eigenvalue weighted by Crippen LogP contribution is -2.47. The van der Waals surface area contributed by atoms with Crippen LogP contribution in [0.15, 0.2) is 11.6 Å². The van der Waals surface area contributed by atoms with Crippen LogP contribution in [0.4, 0.5) is 0 Å². The largest absolute Gasteiger partial charge is 0.466 e. The topological polar surface area (TPSA) is 35.5 Å². The summed E-state index contributed by atoms with van der Waals surface area (Å²) < 4.78 is 11.7. The van der Waals surface area contributed by atoms with Crippen molar-refractivity contribution in [3.63, 3.8) is 0 Å². The van der Waals surface area contributed by atoms with E-state index in [1.54, 1.807) is 0 Å². The molecular weight excluding hydrogens is 392 g/mol. The van der Waals surface area contributed by atoms with Crippen LogP contribution in [0.25, 0.3) is 0 Å². The molecule has 168 valence electrons. The Morgan fingerprint density at radius 1 is 1.07 bits per heavy atom. The second-order valence-corrected chi connectivity index (χ2v) is 19.6. The lowest BCUT2D eigenvalue weighted by atomic mass is 9.92. The van der Waals surface area contributed by atoms with Crippen LogP contribution in [0.1, 0.15) is 62.3 Å². The maximum absolute atomic E-state index is 11.9. The van der Waals surface area contributed by atoms with Gasteiger partial charge in [0.2, 0.25) is 0 Å². The summed E-state index contributed by atoms with van der Waals surface area (Å²) in [6.45, 7) is 24.3. The Morgan fingerprint density at radius 2 is 1.55 bits per heavy atom. The van der Waals surface area contributed by atoms with Crippen LogP contribution in [0.3, 0.4) is 0 Å². The molecule has 0 amide bonds. The van der Waals surface area contributed by atoms with Crippen molar-refractivity contribution in [2.75, 3.05) is 7.11 Å². The van der Waals surface area contributed by atoms with E-state index in [0.29, 0.717) is 5.57 Å². The minimum Gasteiger partial charge on any atom is -0.466 e. The van der Waals surface area contributed by atoms with Crippen molar-refractivity contribution in [1.82, 2.24) is 0 Å². The van der Waals surface area contributed by atoms with Crippen molar-refractivity contribution < 1.29 is 14.0 Å². The van der Waals surface area contributed by atoms with Crippen LogP contribution in [-0.4, -0.2) is 35.6 Å². The molecule has 3 atom stereocenters. The lowest BCUT2D eigenvalue weighted by molar-refractivity contribution is -0.136. The first-order valence-corrected chi connectivity index (χ1v) is 16.7. The molecule has 5 heteroatoms. The highest BCUT2D eigenvalue weighted by molar-refractivity contribution is 6.87. The molecule has 0 heterocycles. The summed E-state index contributed by atoms with van der Waals surface area (Å²) in [7, 11) is -2.07. The fraction of sp³-hybridized carbons (Fsp3) is 0.792. The molecule has 0 spiro atoms. The number of rotatable bonds is 9. The molecule has 3 nitrogen and oxygen atoms in total. The standard InChI is InChI=1S/C24H46O3Si2/c1-13-29(14-2,15-3)17-16-19(4)22(27-28(11,12)24(7,8)9)20(5)18-21(6)23(25)26-10/h18-20,22H,13-15H2,1-12H3/b21-18-/t19-,20-,22-/m0/s1. The highest BCUT2D eigenvalue weighted by Crippen LogP contribution is 2.39. The van der Waals surface area contributed by atoms with Crippen LogP contribution in [0.2, 0.25) is 36.3 Å². The molecule has 0 fully saturated rings. The number of ether oxygens (including phenoxy) is 1. The lowest BCUT2D eigenvalue weighted by Gasteiger charge is -2.41. The van der Waals surface area contributed by atoms with E-state index in [1.165, 1.54) is 25.2 Å². The Kier molecular flexibility index (Phi) is 11.2. The fourth-order valence-electron chi connectivity index (χ4n) is 3.26. The zero-order valence-electron chi connectivity index (χ0n) is 21.2. The first kappa shape index (κ1) is 28.2. The Labute approximate surface area is 183 Å². The van der Waals surface area contributed by atoms with E-state index in [9.17, 15) is 4.79 Å². The Balaban J connectivity index is 6.02. The third-order valence-electron chi connectivity index (χ3n) is 6.86. The van der Waals surface area contributed by atoms with Crippen LogP contribution in [-0.2, 0) is 14.0 Å². The van der Waals surface area contributed by atoms with Crippen molar-refractivity contribution in [2.24, 2.45) is 11.8 Å². The summed E-state index contributed by atoms with van der Waals surface area (Å²) in [6.07, 6.45) is 1.95. The second kappa shape index (κ2) is 11.5. The van der Waals surface area contributed by atoms with Gasteiger partial charge in [-0.3, -0.25) is 0 Å². The van der Waals surface area contributed by atoms with Gasteiger partial charge in [0.05, 0.1) is 13.2 Å². The van der Waals surface area contributed by atoms with Crippen LogP contribution in [0, 0.1) is 23.3 Å². The van der Waals surface area contributed by atoms with Gasteiger partial charge in [-0.05, 0) is 50.1 Å². The van der Waals surface area contributed by atoms with Gasteiger partial charge >= 0.3 is 5.97 Å². The van der Waals surface area contributed by atoms with E-state index >= 15 is 0 Å². The SMILES string of the molecule is CC[Si](C#C[C@H](C)[C@H](O[Si](C)(C)C(C)(C)C)[C@@H](C)/C=C(/C)C(=O)OC)(CC)CC. The predicted octanol–water partition coefficient (Wildman–Crippen LogP) is 6.82. The molecule has 0 N–H and O–H groups in total. The smallest absolute Gasteiger partial charge is 0.333 e. The van der Waals surface area contributed by atoms with E-state index in [1.807, 2.05) is 13.0 Å². The molecule has 0 aromatic rings. The van der Waals surface area contributed by atoms with Gasteiger partial charge in [0.1, 0.15) is 8.07 Å². The molecule has 0 aromatic carbocycles. The van der Waals surface area contributed by atoms with Crippen LogP contribution < -0.4 is 0 Å². The van der Waals surface area contributed by atoms with Crippen molar-refractivity contribution >= 4 is 22.4 Å². The Bertz CT molecular complexity index is 608. The summed E-state index contributed by atoms with van der Waals surface area (Å²) in [6, 6.07) is 3.60. The molecule has 0 unspecified atom stereocenters. The number of hydrogen-bond donors (Lipinski definition) is 0. The highest BCUT2D eigenvalue weighted by atomic mass is 28.4. The molecule has 0 saturated heterocycles. The van der Waals surface area contributed by atoms with Crippen LogP contribution >= 0.6 is 0 Å². The predicted molar refractivity (Wildman–Crippen MR) is 131 cm³/mol. The maximum atomic E-state index is 11.9. The molecule has 29 heavy (non-hydrogen) atoms. The zero-order valence-corrected chi connectivity index (χ0v) is 23.2. The number of methoxy groups -OCH3 is 1. The van der Waals surface area contributed by atoms with Crippen molar-refractivity contribution in [2.45, 2.75) is 105 Å². The average molecular weight is 439 g/mol. The van der Waals surface area contributed by atoms with E-state index in [4.69, 9.17) is 9.16 Å². The van der Waals surface area contributed by atoms with E-state index in [2.05, 4.69) is 79.9 Å². The zero-order chi connectivity index (χ0) is 23.0. The summed E-state index contributed by atoms with van der Waals surface area (Å²) in [5.74, 6) is 3.52. The summed E-state index contributed by atoms with van der Waals surface area (Å²) in [5.41, 5.74) is 4.37. The van der Waals surface area contributed by atoms with E-state index in [0.717, 1.165) is 0 Å². The minimum atomic E-state index is -1.98. The van der Waals surface area contributed by atoms with Gasteiger partial charge in [-0.2, -0.15) is 0 Å². The molecule has 0 saturated carbocycles. The highest BCUT2D eigenvalue weighted by Gasteiger charge is 2.41. The first-order valence-electron chi connectivity index (χ1n) is 11.2. The quantitative estimate of drug-likeness (QED) is 0.171. The maximum Gasteiger partial charge on any atom is 0.333 e. The summed E-state index contributed by atoms with van der Waals surface area (Å²) in [4.78, 5) is 11.9. The van der Waals surface area contributed by atoms with Gasteiger partial charge < -0.3 is 9.16 Å². The Hall–Kier alpha value is -0.836. The van der Waals surface area contributed by atoms with Crippen molar-refractivity contribution in [3.05, 3.63) is 11.6 Å². The van der Waals surface area contributed by atoms with Crippen molar-refractivity contribution in [1.29, 1.82) is 0 Å². The van der Waals surface area contributed by atoms with Gasteiger partial charge in [0.15, 0.2) is 8.32 Å². The first-order chi connectivity index (χ1) is 13.2. The molecule has 0 aliphatic rings. The van der Waals surface area contributed by atoms with Gasteiger partial charge in [-0.15, -0.1) is 11.5 Å². The molecule has 0 aliphatic carbocycles.